The van der Waals surface area contributed by atoms with Gasteiger partial charge in [-0.15, -0.1) is 0 Å². The molecule has 7 heteroatoms. The number of carbonyl (C=O) groups is 2. The van der Waals surface area contributed by atoms with Crippen molar-refractivity contribution in [3.05, 3.63) is 98.6 Å². The summed E-state index contributed by atoms with van der Waals surface area (Å²) in [7, 11) is 0. The van der Waals surface area contributed by atoms with E-state index in [1.54, 1.807) is 36.4 Å². The Hall–Kier alpha value is -2.79. The zero-order valence-corrected chi connectivity index (χ0v) is 18.0. The number of amides is 2. The third kappa shape index (κ3) is 3.82. The van der Waals surface area contributed by atoms with Gasteiger partial charge in [-0.05, 0) is 54.4 Å². The summed E-state index contributed by atoms with van der Waals surface area (Å²) in [6, 6.07) is 18.9. The number of benzene rings is 3. The first-order chi connectivity index (χ1) is 14.3. The SMILES string of the molecule is Cc1cc(Cl)ccc1NC1=C(c2ccccc2)C(=O)N(c2cc(Cl)cc(Cl)c2)C1=O. The molecular formula is C23H15Cl3N2O2. The molecule has 0 aromatic heterocycles. The van der Waals surface area contributed by atoms with Crippen molar-refractivity contribution in [3.63, 3.8) is 0 Å². The third-order valence-corrected chi connectivity index (χ3v) is 5.37. The molecule has 30 heavy (non-hydrogen) atoms. The summed E-state index contributed by atoms with van der Waals surface area (Å²) in [5.74, 6) is -0.954. The quantitative estimate of drug-likeness (QED) is 0.464. The number of hydrogen-bond donors (Lipinski definition) is 1. The highest BCUT2D eigenvalue weighted by Gasteiger charge is 2.40. The highest BCUT2D eigenvalue weighted by Crippen LogP contribution is 2.36. The van der Waals surface area contributed by atoms with E-state index >= 15 is 0 Å². The van der Waals surface area contributed by atoms with E-state index in [9.17, 15) is 9.59 Å². The van der Waals surface area contributed by atoms with E-state index in [1.807, 2.05) is 25.1 Å². The Morgan fingerprint density at radius 2 is 1.43 bits per heavy atom. The first-order valence-corrected chi connectivity index (χ1v) is 10.2. The normalized spacial score (nSPS) is 13.9. The average molecular weight is 458 g/mol. The molecule has 0 saturated carbocycles. The lowest BCUT2D eigenvalue weighted by molar-refractivity contribution is -0.120. The Balaban J connectivity index is 1.84. The molecule has 150 valence electrons. The fourth-order valence-electron chi connectivity index (χ4n) is 3.32. The van der Waals surface area contributed by atoms with Gasteiger partial charge in [0.15, 0.2) is 0 Å². The van der Waals surface area contributed by atoms with Crippen LogP contribution in [0.3, 0.4) is 0 Å². The average Bonchev–Trinajstić information content (AvgIpc) is 2.93. The van der Waals surface area contributed by atoms with Crippen molar-refractivity contribution in [3.8, 4) is 0 Å². The molecule has 1 aliphatic heterocycles. The zero-order chi connectivity index (χ0) is 21.4. The fraction of sp³-hybridized carbons (Fsp3) is 0.0435. The maximum absolute atomic E-state index is 13.4. The van der Waals surface area contributed by atoms with Gasteiger partial charge in [0.2, 0.25) is 0 Å². The molecule has 3 aromatic rings. The molecule has 3 aromatic carbocycles. The number of carbonyl (C=O) groups excluding carboxylic acids is 2. The third-order valence-electron chi connectivity index (χ3n) is 4.70. The van der Waals surface area contributed by atoms with E-state index in [1.165, 1.54) is 12.1 Å². The second kappa shape index (κ2) is 8.15. The van der Waals surface area contributed by atoms with E-state index < -0.39 is 11.8 Å². The molecule has 2 amide bonds. The van der Waals surface area contributed by atoms with Crippen LogP contribution in [0.4, 0.5) is 11.4 Å². The second-order valence-electron chi connectivity index (χ2n) is 6.77. The minimum absolute atomic E-state index is 0.174. The van der Waals surface area contributed by atoms with Gasteiger partial charge < -0.3 is 5.32 Å². The van der Waals surface area contributed by atoms with Crippen molar-refractivity contribution in [2.75, 3.05) is 10.2 Å². The molecule has 0 fully saturated rings. The Labute approximate surface area is 188 Å². The van der Waals surface area contributed by atoms with Crippen LogP contribution in [0, 0.1) is 6.92 Å². The molecule has 1 N–H and O–H groups in total. The van der Waals surface area contributed by atoms with Crippen LogP contribution in [0.5, 0.6) is 0 Å². The molecule has 4 rings (SSSR count). The standard InChI is InChI=1S/C23H15Cl3N2O2/c1-13-9-15(24)7-8-19(13)27-21-20(14-5-3-2-4-6-14)22(29)28(23(21)30)18-11-16(25)10-17(26)12-18/h2-12,27H,1H3. The molecule has 0 bridgehead atoms. The number of halogens is 3. The highest BCUT2D eigenvalue weighted by molar-refractivity contribution is 6.46. The van der Waals surface area contributed by atoms with Crippen LogP contribution in [0.15, 0.2) is 72.4 Å². The summed E-state index contributed by atoms with van der Waals surface area (Å²) in [5, 5.41) is 4.38. The summed E-state index contributed by atoms with van der Waals surface area (Å²) in [6.07, 6.45) is 0. The lowest BCUT2D eigenvalue weighted by atomic mass is 10.0. The molecule has 4 nitrogen and oxygen atoms in total. The van der Waals surface area contributed by atoms with E-state index in [0.717, 1.165) is 10.5 Å². The van der Waals surface area contributed by atoms with Gasteiger partial charge in [-0.1, -0.05) is 65.1 Å². The van der Waals surface area contributed by atoms with Crippen molar-refractivity contribution in [1.29, 1.82) is 0 Å². The molecule has 0 spiro atoms. The van der Waals surface area contributed by atoms with Crippen molar-refractivity contribution in [2.24, 2.45) is 0 Å². The predicted molar refractivity (Wildman–Crippen MR) is 122 cm³/mol. The van der Waals surface area contributed by atoms with Crippen LogP contribution in [0.2, 0.25) is 15.1 Å². The van der Waals surface area contributed by atoms with Gasteiger partial charge in [0.05, 0.1) is 11.3 Å². The summed E-state index contributed by atoms with van der Waals surface area (Å²) >= 11 is 18.3. The topological polar surface area (TPSA) is 49.4 Å². The van der Waals surface area contributed by atoms with Gasteiger partial charge in [0.1, 0.15) is 5.70 Å². The van der Waals surface area contributed by atoms with Crippen LogP contribution in [0.25, 0.3) is 5.57 Å². The van der Waals surface area contributed by atoms with Crippen LogP contribution in [0.1, 0.15) is 11.1 Å². The van der Waals surface area contributed by atoms with Crippen molar-refractivity contribution >= 4 is 63.6 Å². The monoisotopic (exact) mass is 456 g/mol. The maximum atomic E-state index is 13.4. The number of imide groups is 1. The molecule has 0 radical (unpaired) electrons. The molecule has 0 unspecified atom stereocenters. The smallest absolute Gasteiger partial charge is 0.282 e. The molecule has 0 aliphatic carbocycles. The zero-order valence-electron chi connectivity index (χ0n) is 15.7. The van der Waals surface area contributed by atoms with Crippen LogP contribution < -0.4 is 10.2 Å². The largest absolute Gasteiger partial charge is 0.350 e. The van der Waals surface area contributed by atoms with Gasteiger partial charge in [-0.3, -0.25) is 9.59 Å². The lowest BCUT2D eigenvalue weighted by Gasteiger charge is -2.16. The predicted octanol–water partition coefficient (Wildman–Crippen LogP) is 6.35. The van der Waals surface area contributed by atoms with Gasteiger partial charge >= 0.3 is 0 Å². The molecule has 1 aliphatic rings. The second-order valence-corrected chi connectivity index (χ2v) is 8.08. The first kappa shape index (κ1) is 20.5. The summed E-state index contributed by atoms with van der Waals surface area (Å²) in [5.41, 5.74) is 2.89. The van der Waals surface area contributed by atoms with Crippen LogP contribution >= 0.6 is 34.8 Å². The number of aryl methyl sites for hydroxylation is 1. The maximum Gasteiger partial charge on any atom is 0.282 e. The van der Waals surface area contributed by atoms with Crippen molar-refractivity contribution < 1.29 is 9.59 Å². The van der Waals surface area contributed by atoms with Crippen LogP contribution in [-0.4, -0.2) is 11.8 Å². The molecular weight excluding hydrogens is 443 g/mol. The van der Waals surface area contributed by atoms with E-state index in [0.29, 0.717) is 32.0 Å². The van der Waals surface area contributed by atoms with Gasteiger partial charge in [0.25, 0.3) is 11.8 Å². The minimum atomic E-state index is -0.494. The number of rotatable bonds is 4. The highest BCUT2D eigenvalue weighted by atomic mass is 35.5. The Bertz CT molecular complexity index is 1190. The Morgan fingerprint density at radius 3 is 2.07 bits per heavy atom. The number of nitrogens with one attached hydrogen (secondary N) is 1. The molecule has 0 saturated heterocycles. The van der Waals surface area contributed by atoms with Gasteiger partial charge in [0, 0.05) is 20.8 Å². The van der Waals surface area contributed by atoms with Gasteiger partial charge in [-0.25, -0.2) is 4.90 Å². The van der Waals surface area contributed by atoms with E-state index in [-0.39, 0.29) is 11.3 Å². The number of hydrogen-bond acceptors (Lipinski definition) is 3. The molecule has 1 heterocycles. The summed E-state index contributed by atoms with van der Waals surface area (Å²) < 4.78 is 0. The Morgan fingerprint density at radius 1 is 0.767 bits per heavy atom. The molecule has 0 atom stereocenters. The van der Waals surface area contributed by atoms with Crippen molar-refractivity contribution in [1.82, 2.24) is 0 Å². The first-order valence-electron chi connectivity index (χ1n) is 9.03. The van der Waals surface area contributed by atoms with Crippen LogP contribution in [-0.2, 0) is 9.59 Å². The minimum Gasteiger partial charge on any atom is -0.350 e. The van der Waals surface area contributed by atoms with E-state index in [4.69, 9.17) is 34.8 Å². The Kier molecular flexibility index (Phi) is 5.56. The number of nitrogens with zero attached hydrogens (tertiary/aromatic N) is 1. The summed E-state index contributed by atoms with van der Waals surface area (Å²) in [4.78, 5) is 27.8. The van der Waals surface area contributed by atoms with E-state index in [2.05, 4.69) is 5.32 Å². The fourth-order valence-corrected chi connectivity index (χ4v) is 4.06. The van der Waals surface area contributed by atoms with Gasteiger partial charge in [-0.2, -0.15) is 0 Å². The van der Waals surface area contributed by atoms with Crippen molar-refractivity contribution in [2.45, 2.75) is 6.92 Å². The number of anilines is 2. The lowest BCUT2D eigenvalue weighted by Crippen LogP contribution is -2.32. The summed E-state index contributed by atoms with van der Waals surface area (Å²) in [6.45, 7) is 1.87.